The molecule has 0 bridgehead atoms. The number of ether oxygens (including phenoxy) is 1. The molecule has 1 heterocycles. The third kappa shape index (κ3) is 6.42. The second kappa shape index (κ2) is 10.1. The summed E-state index contributed by atoms with van der Waals surface area (Å²) in [6.07, 6.45) is 11.6. The van der Waals surface area contributed by atoms with E-state index in [-0.39, 0.29) is 0 Å². The minimum absolute atomic E-state index is 0.852. The van der Waals surface area contributed by atoms with Crippen molar-refractivity contribution < 1.29 is 4.74 Å². The second-order valence-electron chi connectivity index (χ2n) is 7.58. The van der Waals surface area contributed by atoms with Crippen molar-refractivity contribution >= 4 is 11.0 Å². The number of benzene rings is 1. The van der Waals surface area contributed by atoms with Crippen molar-refractivity contribution in [1.29, 1.82) is 0 Å². The van der Waals surface area contributed by atoms with Crippen LogP contribution in [0.3, 0.4) is 0 Å². The average molecular weight is 367 g/mol. The van der Waals surface area contributed by atoms with E-state index in [1.165, 1.54) is 16.7 Å². The number of nitrogens with zero attached hydrogens (tertiary/aromatic N) is 2. The Morgan fingerprint density at radius 3 is 2.33 bits per heavy atom. The van der Waals surface area contributed by atoms with Crippen LogP contribution in [0, 0.1) is 6.92 Å². The first-order valence-corrected chi connectivity index (χ1v) is 9.86. The standard InChI is InChI=1S/C24H34N2O/c1-18(2)9-7-10-19(3)11-8-12-20(4)15-16-26-21(5)25-23-17-22(27-6)13-14-24(23)26/h9,11,13-15,17H,7-8,10,12,16H2,1-6H3. The number of hydrogen-bond acceptors (Lipinski definition) is 2. The zero-order valence-corrected chi connectivity index (χ0v) is 17.8. The Balaban J connectivity index is 1.93. The third-order valence-corrected chi connectivity index (χ3v) is 4.89. The van der Waals surface area contributed by atoms with Gasteiger partial charge in [0.2, 0.25) is 0 Å². The molecule has 0 fully saturated rings. The third-order valence-electron chi connectivity index (χ3n) is 4.89. The monoisotopic (exact) mass is 366 g/mol. The first-order valence-electron chi connectivity index (χ1n) is 9.86. The van der Waals surface area contributed by atoms with Gasteiger partial charge in [-0.2, -0.15) is 0 Å². The first-order chi connectivity index (χ1) is 12.9. The molecule has 0 radical (unpaired) electrons. The molecule has 3 heteroatoms. The van der Waals surface area contributed by atoms with Gasteiger partial charge in [-0.25, -0.2) is 4.98 Å². The molecule has 0 aliphatic rings. The molecule has 0 amide bonds. The Morgan fingerprint density at radius 1 is 1.00 bits per heavy atom. The van der Waals surface area contributed by atoms with Gasteiger partial charge in [0.1, 0.15) is 11.6 Å². The van der Waals surface area contributed by atoms with Crippen molar-refractivity contribution in [2.75, 3.05) is 7.11 Å². The molecular formula is C24H34N2O. The summed E-state index contributed by atoms with van der Waals surface area (Å²) in [6, 6.07) is 6.09. The molecule has 2 aromatic rings. The molecule has 0 aliphatic carbocycles. The maximum Gasteiger partial charge on any atom is 0.121 e. The van der Waals surface area contributed by atoms with Gasteiger partial charge in [0.15, 0.2) is 0 Å². The average Bonchev–Trinajstić information content (AvgIpc) is 2.93. The maximum absolute atomic E-state index is 5.30. The predicted octanol–water partition coefficient (Wildman–Crippen LogP) is 6.77. The fraction of sp³-hybridized carbons (Fsp3) is 0.458. The van der Waals surface area contributed by atoms with Crippen LogP contribution in [0.2, 0.25) is 0 Å². The Hall–Kier alpha value is -2.29. The lowest BCUT2D eigenvalue weighted by molar-refractivity contribution is 0.415. The molecule has 0 saturated heterocycles. The number of fused-ring (bicyclic) bond motifs is 1. The van der Waals surface area contributed by atoms with Crippen LogP contribution in [0.15, 0.2) is 53.1 Å². The molecule has 1 aromatic heterocycles. The van der Waals surface area contributed by atoms with E-state index >= 15 is 0 Å². The van der Waals surface area contributed by atoms with Crippen molar-refractivity contribution in [2.24, 2.45) is 0 Å². The highest BCUT2D eigenvalue weighted by Gasteiger charge is 2.07. The van der Waals surface area contributed by atoms with E-state index in [1.807, 2.05) is 12.1 Å². The van der Waals surface area contributed by atoms with Crippen molar-refractivity contribution in [1.82, 2.24) is 9.55 Å². The molecule has 0 saturated carbocycles. The maximum atomic E-state index is 5.30. The number of hydrogen-bond donors (Lipinski definition) is 0. The number of rotatable bonds is 9. The second-order valence-corrected chi connectivity index (χ2v) is 7.58. The van der Waals surface area contributed by atoms with Crippen LogP contribution in [0.1, 0.15) is 59.2 Å². The first kappa shape index (κ1) is 21.0. The van der Waals surface area contributed by atoms with E-state index < -0.39 is 0 Å². The van der Waals surface area contributed by atoms with Crippen molar-refractivity contribution in [3.05, 3.63) is 59.0 Å². The van der Waals surface area contributed by atoms with E-state index in [1.54, 1.807) is 7.11 Å². The van der Waals surface area contributed by atoms with Gasteiger partial charge in [0.25, 0.3) is 0 Å². The molecule has 0 N–H and O–H groups in total. The van der Waals surface area contributed by atoms with Gasteiger partial charge >= 0.3 is 0 Å². The summed E-state index contributed by atoms with van der Waals surface area (Å²) >= 11 is 0. The van der Waals surface area contributed by atoms with Gasteiger partial charge in [0, 0.05) is 12.6 Å². The highest BCUT2D eigenvalue weighted by molar-refractivity contribution is 5.77. The highest BCUT2D eigenvalue weighted by Crippen LogP contribution is 2.22. The molecule has 2 rings (SSSR count). The fourth-order valence-corrected chi connectivity index (χ4v) is 3.17. The zero-order valence-electron chi connectivity index (χ0n) is 17.8. The van der Waals surface area contributed by atoms with Gasteiger partial charge in [-0.1, -0.05) is 34.9 Å². The normalized spacial score (nSPS) is 12.5. The van der Waals surface area contributed by atoms with Crippen LogP contribution in [-0.4, -0.2) is 16.7 Å². The van der Waals surface area contributed by atoms with Gasteiger partial charge in [-0.05, 0) is 72.4 Å². The summed E-state index contributed by atoms with van der Waals surface area (Å²) < 4.78 is 7.56. The van der Waals surface area contributed by atoms with Crippen LogP contribution < -0.4 is 4.74 Å². The smallest absolute Gasteiger partial charge is 0.121 e. The molecule has 0 spiro atoms. The summed E-state index contributed by atoms with van der Waals surface area (Å²) in [5.74, 6) is 1.89. The Bertz CT molecular complexity index is 849. The minimum Gasteiger partial charge on any atom is -0.497 e. The Labute approximate surface area is 164 Å². The molecule has 0 unspecified atom stereocenters. The Morgan fingerprint density at radius 2 is 1.67 bits per heavy atom. The van der Waals surface area contributed by atoms with E-state index in [0.29, 0.717) is 0 Å². The minimum atomic E-state index is 0.852. The van der Waals surface area contributed by atoms with Gasteiger partial charge in [-0.3, -0.25) is 0 Å². The van der Waals surface area contributed by atoms with Crippen molar-refractivity contribution in [3.63, 3.8) is 0 Å². The van der Waals surface area contributed by atoms with Crippen LogP contribution in [-0.2, 0) is 6.54 Å². The largest absolute Gasteiger partial charge is 0.497 e. The quantitative estimate of drug-likeness (QED) is 0.458. The molecule has 3 nitrogen and oxygen atoms in total. The van der Waals surface area contributed by atoms with Crippen LogP contribution >= 0.6 is 0 Å². The summed E-state index contributed by atoms with van der Waals surface area (Å²) in [5, 5.41) is 0. The van der Waals surface area contributed by atoms with Crippen LogP contribution in [0.4, 0.5) is 0 Å². The lowest BCUT2D eigenvalue weighted by atomic mass is 10.1. The number of aryl methyl sites for hydroxylation is 1. The van der Waals surface area contributed by atoms with E-state index in [2.05, 4.69) is 68.5 Å². The van der Waals surface area contributed by atoms with E-state index in [4.69, 9.17) is 4.74 Å². The molecule has 27 heavy (non-hydrogen) atoms. The molecule has 0 aliphatic heterocycles. The lowest BCUT2D eigenvalue weighted by Crippen LogP contribution is -1.98. The van der Waals surface area contributed by atoms with Crippen molar-refractivity contribution in [3.8, 4) is 5.75 Å². The zero-order chi connectivity index (χ0) is 19.8. The highest BCUT2D eigenvalue weighted by atomic mass is 16.5. The fourth-order valence-electron chi connectivity index (χ4n) is 3.17. The van der Waals surface area contributed by atoms with Gasteiger partial charge in [-0.15, -0.1) is 0 Å². The Kier molecular flexibility index (Phi) is 7.90. The number of allylic oxidation sites excluding steroid dienone is 6. The van der Waals surface area contributed by atoms with E-state index in [9.17, 15) is 0 Å². The van der Waals surface area contributed by atoms with Gasteiger partial charge in [0.05, 0.1) is 18.1 Å². The molecular weight excluding hydrogens is 332 g/mol. The topological polar surface area (TPSA) is 27.1 Å². The number of imidazole rings is 1. The van der Waals surface area contributed by atoms with Crippen LogP contribution in [0.5, 0.6) is 5.75 Å². The number of methoxy groups -OCH3 is 1. The van der Waals surface area contributed by atoms with Crippen LogP contribution in [0.25, 0.3) is 11.0 Å². The summed E-state index contributed by atoms with van der Waals surface area (Å²) in [4.78, 5) is 4.67. The lowest BCUT2D eigenvalue weighted by Gasteiger charge is -2.06. The van der Waals surface area contributed by atoms with Gasteiger partial charge < -0.3 is 9.30 Å². The predicted molar refractivity (Wildman–Crippen MR) is 116 cm³/mol. The van der Waals surface area contributed by atoms with E-state index in [0.717, 1.165) is 54.8 Å². The van der Waals surface area contributed by atoms with Crippen molar-refractivity contribution in [2.45, 2.75) is 66.8 Å². The molecule has 0 atom stereocenters. The summed E-state index contributed by atoms with van der Waals surface area (Å²) in [7, 11) is 1.69. The molecule has 1 aromatic carbocycles. The molecule has 146 valence electrons. The number of aromatic nitrogens is 2. The summed E-state index contributed by atoms with van der Waals surface area (Å²) in [6.45, 7) is 11.7. The summed E-state index contributed by atoms with van der Waals surface area (Å²) in [5.41, 5.74) is 6.48. The SMILES string of the molecule is COc1ccc2c(c1)nc(C)n2CC=C(C)CCC=C(C)CCC=C(C)C.